The van der Waals surface area contributed by atoms with E-state index >= 15 is 0 Å². The minimum absolute atomic E-state index is 0.711. The average Bonchev–Trinajstić information content (AvgIpc) is 2.41. The summed E-state index contributed by atoms with van der Waals surface area (Å²) in [5, 5.41) is 6.94. The van der Waals surface area contributed by atoms with E-state index in [4.69, 9.17) is 0 Å². The van der Waals surface area contributed by atoms with Crippen LogP contribution in [0.1, 0.15) is 18.4 Å². The van der Waals surface area contributed by atoms with E-state index in [9.17, 15) is 0 Å². The number of hydrogen-bond donors (Lipinski definition) is 2. The highest BCUT2D eigenvalue weighted by Gasteiger charge is 2.15. The van der Waals surface area contributed by atoms with Crippen molar-refractivity contribution in [2.75, 3.05) is 39.0 Å². The Morgan fingerprint density at radius 2 is 1.94 bits per heavy atom. The van der Waals surface area contributed by atoms with Gasteiger partial charge in [-0.2, -0.15) is 0 Å². The van der Waals surface area contributed by atoms with Crippen LogP contribution < -0.4 is 10.6 Å². The van der Waals surface area contributed by atoms with Crippen LogP contribution in [0.4, 0.5) is 5.69 Å². The van der Waals surface area contributed by atoms with Crippen LogP contribution in [0.25, 0.3) is 0 Å². The van der Waals surface area contributed by atoms with Crippen molar-refractivity contribution in [2.45, 2.75) is 25.3 Å². The van der Waals surface area contributed by atoms with Crippen molar-refractivity contribution in [3.8, 4) is 0 Å². The minimum Gasteiger partial charge on any atom is -0.388 e. The van der Waals surface area contributed by atoms with Crippen molar-refractivity contribution in [3.05, 3.63) is 29.8 Å². The Bertz CT molecular complexity index is 357. The second-order valence-corrected chi connectivity index (χ2v) is 5.19. The van der Waals surface area contributed by atoms with Crippen molar-refractivity contribution < 1.29 is 0 Å². The fourth-order valence-electron chi connectivity index (χ4n) is 2.61. The molecule has 0 aliphatic carbocycles. The molecule has 3 heteroatoms. The fraction of sp³-hybridized carbons (Fsp3) is 0.600. The molecule has 0 atom stereocenters. The molecule has 1 saturated heterocycles. The molecule has 0 amide bonds. The number of benzene rings is 1. The topological polar surface area (TPSA) is 27.3 Å². The Morgan fingerprint density at radius 1 is 1.22 bits per heavy atom. The van der Waals surface area contributed by atoms with Gasteiger partial charge in [0, 0.05) is 18.8 Å². The first-order valence-corrected chi connectivity index (χ1v) is 6.97. The third kappa shape index (κ3) is 3.72. The second kappa shape index (κ2) is 6.76. The van der Waals surface area contributed by atoms with E-state index in [0.29, 0.717) is 6.04 Å². The SMILES string of the molecule is CNc1ccccc1CCNC1CCN(C)CC1. The van der Waals surface area contributed by atoms with E-state index < -0.39 is 0 Å². The number of rotatable bonds is 5. The highest BCUT2D eigenvalue weighted by molar-refractivity contribution is 5.50. The number of para-hydroxylation sites is 1. The van der Waals surface area contributed by atoms with Crippen LogP contribution in [0.5, 0.6) is 0 Å². The number of piperidine rings is 1. The van der Waals surface area contributed by atoms with Gasteiger partial charge in [-0.3, -0.25) is 0 Å². The third-order valence-electron chi connectivity index (χ3n) is 3.83. The maximum Gasteiger partial charge on any atom is 0.0370 e. The lowest BCUT2D eigenvalue weighted by Gasteiger charge is -2.29. The van der Waals surface area contributed by atoms with Crippen LogP contribution >= 0.6 is 0 Å². The first-order valence-electron chi connectivity index (χ1n) is 6.97. The van der Waals surface area contributed by atoms with Gasteiger partial charge in [0.2, 0.25) is 0 Å². The Morgan fingerprint density at radius 3 is 2.67 bits per heavy atom. The molecule has 0 spiro atoms. The van der Waals surface area contributed by atoms with Crippen LogP contribution in [0.3, 0.4) is 0 Å². The summed E-state index contributed by atoms with van der Waals surface area (Å²) in [6.45, 7) is 3.53. The van der Waals surface area contributed by atoms with Gasteiger partial charge in [-0.15, -0.1) is 0 Å². The molecule has 2 rings (SSSR count). The monoisotopic (exact) mass is 247 g/mol. The summed E-state index contributed by atoms with van der Waals surface area (Å²) in [6.07, 6.45) is 3.66. The first-order chi connectivity index (χ1) is 8.79. The molecule has 1 aliphatic rings. The minimum atomic E-state index is 0.711. The van der Waals surface area contributed by atoms with Crippen molar-refractivity contribution in [3.63, 3.8) is 0 Å². The number of hydrogen-bond acceptors (Lipinski definition) is 3. The third-order valence-corrected chi connectivity index (χ3v) is 3.83. The molecule has 0 radical (unpaired) electrons. The molecule has 1 aromatic carbocycles. The van der Waals surface area contributed by atoms with Crippen LogP contribution in [0, 0.1) is 0 Å². The predicted octanol–water partition coefficient (Wildman–Crippen LogP) is 1.95. The summed E-state index contributed by atoms with van der Waals surface area (Å²) in [7, 11) is 4.20. The summed E-state index contributed by atoms with van der Waals surface area (Å²) < 4.78 is 0. The van der Waals surface area contributed by atoms with Gasteiger partial charge in [0.05, 0.1) is 0 Å². The zero-order chi connectivity index (χ0) is 12.8. The van der Waals surface area contributed by atoms with Crippen LogP contribution in [-0.2, 0) is 6.42 Å². The highest BCUT2D eigenvalue weighted by atomic mass is 15.1. The number of nitrogens with one attached hydrogen (secondary N) is 2. The van der Waals surface area contributed by atoms with Crippen molar-refractivity contribution >= 4 is 5.69 Å². The molecule has 0 aromatic heterocycles. The lowest BCUT2D eigenvalue weighted by Crippen LogP contribution is -2.41. The smallest absolute Gasteiger partial charge is 0.0370 e. The van der Waals surface area contributed by atoms with Crippen LogP contribution in [0.2, 0.25) is 0 Å². The molecule has 0 saturated carbocycles. The number of likely N-dealkylation sites (tertiary alicyclic amines) is 1. The van der Waals surface area contributed by atoms with E-state index in [2.05, 4.69) is 46.8 Å². The lowest BCUT2D eigenvalue weighted by molar-refractivity contribution is 0.235. The molecule has 1 aromatic rings. The van der Waals surface area contributed by atoms with Crippen molar-refractivity contribution in [1.82, 2.24) is 10.2 Å². The quantitative estimate of drug-likeness (QED) is 0.833. The summed E-state index contributed by atoms with van der Waals surface area (Å²) in [5.41, 5.74) is 2.66. The van der Waals surface area contributed by atoms with E-state index in [1.165, 1.54) is 37.2 Å². The first kappa shape index (κ1) is 13.4. The molecule has 0 unspecified atom stereocenters. The molecule has 18 heavy (non-hydrogen) atoms. The van der Waals surface area contributed by atoms with Crippen molar-refractivity contribution in [1.29, 1.82) is 0 Å². The number of nitrogens with zero attached hydrogens (tertiary/aromatic N) is 1. The van der Waals surface area contributed by atoms with Crippen LogP contribution in [0.15, 0.2) is 24.3 Å². The molecular formula is C15H25N3. The molecule has 1 fully saturated rings. The van der Waals surface area contributed by atoms with Gasteiger partial charge in [0.1, 0.15) is 0 Å². The second-order valence-electron chi connectivity index (χ2n) is 5.19. The Hall–Kier alpha value is -1.06. The summed E-state index contributed by atoms with van der Waals surface area (Å²) in [5.74, 6) is 0. The standard InChI is InChI=1S/C15H25N3/c1-16-15-6-4-3-5-13(15)7-10-17-14-8-11-18(2)12-9-14/h3-6,14,16-17H,7-12H2,1-2H3. The zero-order valence-electron chi connectivity index (χ0n) is 11.6. The molecule has 100 valence electrons. The molecule has 1 heterocycles. The summed E-state index contributed by atoms with van der Waals surface area (Å²) >= 11 is 0. The van der Waals surface area contributed by atoms with Gasteiger partial charge >= 0.3 is 0 Å². The molecular weight excluding hydrogens is 222 g/mol. The predicted molar refractivity (Wildman–Crippen MR) is 78.2 cm³/mol. The molecule has 3 nitrogen and oxygen atoms in total. The van der Waals surface area contributed by atoms with Gasteiger partial charge in [-0.05, 0) is 57.6 Å². The maximum atomic E-state index is 3.69. The zero-order valence-corrected chi connectivity index (χ0v) is 11.6. The van der Waals surface area contributed by atoms with Gasteiger partial charge < -0.3 is 15.5 Å². The van der Waals surface area contributed by atoms with Gasteiger partial charge in [-0.25, -0.2) is 0 Å². The van der Waals surface area contributed by atoms with Gasteiger partial charge in [0.15, 0.2) is 0 Å². The maximum absolute atomic E-state index is 3.69. The van der Waals surface area contributed by atoms with Gasteiger partial charge in [-0.1, -0.05) is 18.2 Å². The van der Waals surface area contributed by atoms with Gasteiger partial charge in [0.25, 0.3) is 0 Å². The molecule has 2 N–H and O–H groups in total. The van der Waals surface area contributed by atoms with Crippen molar-refractivity contribution in [2.24, 2.45) is 0 Å². The van der Waals surface area contributed by atoms with E-state index in [1.54, 1.807) is 0 Å². The van der Waals surface area contributed by atoms with E-state index in [-0.39, 0.29) is 0 Å². The average molecular weight is 247 g/mol. The Kier molecular flexibility index (Phi) is 5.02. The Balaban J connectivity index is 1.75. The normalized spacial score (nSPS) is 17.9. The van der Waals surface area contributed by atoms with Crippen LogP contribution in [-0.4, -0.2) is 44.7 Å². The largest absolute Gasteiger partial charge is 0.388 e. The van der Waals surface area contributed by atoms with E-state index in [1.807, 2.05) is 7.05 Å². The fourth-order valence-corrected chi connectivity index (χ4v) is 2.61. The Labute approximate surface area is 111 Å². The van der Waals surface area contributed by atoms with E-state index in [0.717, 1.165) is 13.0 Å². The molecule has 0 bridgehead atoms. The highest BCUT2D eigenvalue weighted by Crippen LogP contribution is 2.14. The lowest BCUT2D eigenvalue weighted by atomic mass is 10.0. The number of anilines is 1. The molecule has 1 aliphatic heterocycles. The summed E-state index contributed by atoms with van der Waals surface area (Å²) in [6, 6.07) is 9.27. The summed E-state index contributed by atoms with van der Waals surface area (Å²) in [4.78, 5) is 2.41.